The van der Waals surface area contributed by atoms with E-state index < -0.39 is 17.1 Å². The van der Waals surface area contributed by atoms with Gasteiger partial charge >= 0.3 is 5.69 Å². The van der Waals surface area contributed by atoms with Crippen LogP contribution in [-0.2, 0) is 13.1 Å². The number of hydrogen-bond donors (Lipinski definition) is 0. The summed E-state index contributed by atoms with van der Waals surface area (Å²) in [6, 6.07) is 21.5. The molecule has 0 saturated carbocycles. The highest BCUT2D eigenvalue weighted by atomic mass is 35.5. The summed E-state index contributed by atoms with van der Waals surface area (Å²) >= 11 is 6.04. The highest BCUT2D eigenvalue weighted by Gasteiger charge is 2.20. The third-order valence-electron chi connectivity index (χ3n) is 5.72. The lowest BCUT2D eigenvalue weighted by molar-refractivity contribution is 0.624. The van der Waals surface area contributed by atoms with E-state index in [1.807, 2.05) is 6.07 Å². The fourth-order valence-electron chi connectivity index (χ4n) is 3.99. The lowest BCUT2D eigenvalue weighted by atomic mass is 10.1. The first-order chi connectivity index (χ1) is 17.0. The van der Waals surface area contributed by atoms with Crippen molar-refractivity contribution in [1.29, 1.82) is 5.26 Å². The standard InChI is InChI=1S/C26H17ClFN5O2/c27-20-7-11-22(12-8-20)33-24-23(31(16-30-24)15-19-4-2-1-3-18(19)13-29)25(34)32(26(33)35)14-17-5-9-21(28)10-6-17/h1-12,16H,14-15H2. The van der Waals surface area contributed by atoms with E-state index in [1.165, 1.54) is 35.2 Å². The van der Waals surface area contributed by atoms with Crippen molar-refractivity contribution < 1.29 is 4.39 Å². The number of aromatic nitrogens is 4. The largest absolute Gasteiger partial charge is 0.337 e. The minimum Gasteiger partial charge on any atom is -0.320 e. The molecule has 0 unspecified atom stereocenters. The zero-order valence-electron chi connectivity index (χ0n) is 18.2. The summed E-state index contributed by atoms with van der Waals surface area (Å²) in [5.41, 5.74) is 1.54. The van der Waals surface area contributed by atoms with Gasteiger partial charge in [-0.3, -0.25) is 9.36 Å². The Balaban J connectivity index is 1.76. The van der Waals surface area contributed by atoms with Crippen LogP contribution in [0.1, 0.15) is 16.7 Å². The molecule has 0 amide bonds. The van der Waals surface area contributed by atoms with Gasteiger partial charge in [0.05, 0.1) is 36.7 Å². The number of fused-ring (bicyclic) bond motifs is 1. The Morgan fingerprint density at radius 1 is 0.943 bits per heavy atom. The third-order valence-corrected chi connectivity index (χ3v) is 5.97. The summed E-state index contributed by atoms with van der Waals surface area (Å²) in [4.78, 5) is 31.6. The van der Waals surface area contributed by atoms with E-state index in [0.717, 1.165) is 4.57 Å². The fraction of sp³-hybridized carbons (Fsp3) is 0.0769. The zero-order valence-corrected chi connectivity index (χ0v) is 19.0. The van der Waals surface area contributed by atoms with Gasteiger partial charge in [0.25, 0.3) is 5.56 Å². The van der Waals surface area contributed by atoms with Crippen LogP contribution in [0.25, 0.3) is 16.9 Å². The van der Waals surface area contributed by atoms with Gasteiger partial charge in [0.2, 0.25) is 0 Å². The Morgan fingerprint density at radius 2 is 1.66 bits per heavy atom. The molecule has 0 radical (unpaired) electrons. The van der Waals surface area contributed by atoms with E-state index in [9.17, 15) is 19.2 Å². The summed E-state index contributed by atoms with van der Waals surface area (Å²) in [6.07, 6.45) is 1.48. The smallest absolute Gasteiger partial charge is 0.320 e. The van der Waals surface area contributed by atoms with Crippen LogP contribution in [0.4, 0.5) is 4.39 Å². The van der Waals surface area contributed by atoms with Crippen LogP contribution in [0, 0.1) is 17.1 Å². The Bertz CT molecular complexity index is 1710. The molecule has 5 aromatic rings. The lowest BCUT2D eigenvalue weighted by Gasteiger charge is -2.13. The van der Waals surface area contributed by atoms with Gasteiger partial charge < -0.3 is 4.57 Å². The average Bonchev–Trinajstić information content (AvgIpc) is 3.27. The Hall–Kier alpha value is -4.48. The second-order valence-electron chi connectivity index (χ2n) is 7.93. The van der Waals surface area contributed by atoms with E-state index in [1.54, 1.807) is 47.0 Å². The second kappa shape index (κ2) is 9.05. The quantitative estimate of drug-likeness (QED) is 0.375. The highest BCUT2D eigenvalue weighted by Crippen LogP contribution is 2.18. The van der Waals surface area contributed by atoms with E-state index in [-0.39, 0.29) is 24.3 Å². The first-order valence-corrected chi connectivity index (χ1v) is 11.0. The first-order valence-electron chi connectivity index (χ1n) is 10.7. The third kappa shape index (κ3) is 4.14. The van der Waals surface area contributed by atoms with Crippen molar-refractivity contribution in [3.8, 4) is 11.8 Å². The molecule has 0 spiro atoms. The van der Waals surface area contributed by atoms with Gasteiger partial charge in [-0.05, 0) is 53.6 Å². The summed E-state index contributed by atoms with van der Waals surface area (Å²) in [5.74, 6) is -0.413. The average molecular weight is 486 g/mol. The highest BCUT2D eigenvalue weighted by molar-refractivity contribution is 6.30. The Labute approximate surface area is 203 Å². The molecule has 0 saturated heterocycles. The summed E-state index contributed by atoms with van der Waals surface area (Å²) in [6.45, 7) is 0.159. The molecule has 35 heavy (non-hydrogen) atoms. The lowest BCUT2D eigenvalue weighted by Crippen LogP contribution is -2.40. The molecule has 172 valence electrons. The molecule has 0 atom stereocenters. The van der Waals surface area contributed by atoms with E-state index in [4.69, 9.17) is 11.6 Å². The van der Waals surface area contributed by atoms with Crippen LogP contribution in [0.5, 0.6) is 0 Å². The summed E-state index contributed by atoms with van der Waals surface area (Å²) in [7, 11) is 0. The molecule has 0 N–H and O–H groups in total. The molecule has 5 rings (SSSR count). The molecule has 3 aromatic carbocycles. The molecule has 9 heteroatoms. The van der Waals surface area contributed by atoms with Gasteiger partial charge in [0.1, 0.15) is 5.82 Å². The molecule has 2 heterocycles. The molecule has 0 aliphatic carbocycles. The molecule has 0 aliphatic rings. The van der Waals surface area contributed by atoms with Crippen LogP contribution < -0.4 is 11.2 Å². The molecular formula is C26H17ClFN5O2. The van der Waals surface area contributed by atoms with Gasteiger partial charge in [-0.1, -0.05) is 41.9 Å². The van der Waals surface area contributed by atoms with Gasteiger partial charge in [-0.2, -0.15) is 5.26 Å². The molecule has 2 aromatic heterocycles. The minimum atomic E-state index is -0.586. The number of nitriles is 1. The first kappa shape index (κ1) is 22.3. The SMILES string of the molecule is N#Cc1ccccc1Cn1cnc2c1c(=O)n(Cc1ccc(F)cc1)c(=O)n2-c1ccc(Cl)cc1. The van der Waals surface area contributed by atoms with E-state index >= 15 is 0 Å². The summed E-state index contributed by atoms with van der Waals surface area (Å²) < 4.78 is 17.5. The van der Waals surface area contributed by atoms with Gasteiger partial charge in [-0.15, -0.1) is 0 Å². The number of halogens is 2. The van der Waals surface area contributed by atoms with Gasteiger partial charge in [0, 0.05) is 5.02 Å². The maximum atomic E-state index is 13.6. The van der Waals surface area contributed by atoms with Gasteiger partial charge in [-0.25, -0.2) is 18.7 Å². The molecule has 0 bridgehead atoms. The van der Waals surface area contributed by atoms with Crippen LogP contribution in [0.2, 0.25) is 5.02 Å². The molecular weight excluding hydrogens is 469 g/mol. The van der Waals surface area contributed by atoms with Crippen LogP contribution in [0.15, 0.2) is 88.7 Å². The monoisotopic (exact) mass is 485 g/mol. The van der Waals surface area contributed by atoms with Crippen molar-refractivity contribution in [2.24, 2.45) is 0 Å². The number of rotatable bonds is 5. The van der Waals surface area contributed by atoms with Crippen molar-refractivity contribution >= 4 is 22.8 Å². The van der Waals surface area contributed by atoms with Crippen LogP contribution >= 0.6 is 11.6 Å². The molecule has 0 fully saturated rings. The summed E-state index contributed by atoms with van der Waals surface area (Å²) in [5, 5.41) is 9.97. The van der Waals surface area contributed by atoms with E-state index in [2.05, 4.69) is 11.1 Å². The predicted octanol–water partition coefficient (Wildman–Crippen LogP) is 4.11. The van der Waals surface area contributed by atoms with Crippen molar-refractivity contribution in [3.63, 3.8) is 0 Å². The normalized spacial score (nSPS) is 11.0. The maximum Gasteiger partial charge on any atom is 0.337 e. The number of benzene rings is 3. The van der Waals surface area contributed by atoms with Crippen molar-refractivity contribution in [2.75, 3.05) is 0 Å². The van der Waals surface area contributed by atoms with Crippen molar-refractivity contribution in [3.05, 3.63) is 127 Å². The molecule has 0 aliphatic heterocycles. The zero-order chi connectivity index (χ0) is 24.5. The van der Waals surface area contributed by atoms with Gasteiger partial charge in [0.15, 0.2) is 11.2 Å². The van der Waals surface area contributed by atoms with Crippen molar-refractivity contribution in [1.82, 2.24) is 18.7 Å². The fourth-order valence-corrected chi connectivity index (χ4v) is 4.11. The number of hydrogen-bond acceptors (Lipinski definition) is 4. The minimum absolute atomic E-state index is 0.0541. The van der Waals surface area contributed by atoms with Crippen LogP contribution in [-0.4, -0.2) is 18.7 Å². The maximum absolute atomic E-state index is 13.6. The topological polar surface area (TPSA) is 85.6 Å². The number of nitrogens with zero attached hydrogens (tertiary/aromatic N) is 5. The van der Waals surface area contributed by atoms with Crippen molar-refractivity contribution in [2.45, 2.75) is 13.1 Å². The predicted molar refractivity (Wildman–Crippen MR) is 130 cm³/mol. The Morgan fingerprint density at radius 3 is 2.37 bits per heavy atom. The molecule has 7 nitrogen and oxygen atoms in total. The van der Waals surface area contributed by atoms with Crippen LogP contribution in [0.3, 0.4) is 0 Å². The second-order valence-corrected chi connectivity index (χ2v) is 8.36. The van der Waals surface area contributed by atoms with E-state index in [0.29, 0.717) is 27.4 Å². The Kier molecular flexibility index (Phi) is 5.77. The number of imidazole rings is 1.